The van der Waals surface area contributed by atoms with Crippen molar-refractivity contribution in [2.45, 2.75) is 38.7 Å². The molecule has 6 heteroatoms. The highest BCUT2D eigenvalue weighted by Gasteiger charge is 2.07. The molecule has 6 nitrogen and oxygen atoms in total. The van der Waals surface area contributed by atoms with Crippen molar-refractivity contribution >= 4 is 11.8 Å². The van der Waals surface area contributed by atoms with E-state index in [1.54, 1.807) is 0 Å². The van der Waals surface area contributed by atoms with Crippen LogP contribution in [0.4, 0.5) is 0 Å². The molecule has 0 aliphatic heterocycles. The number of hydrogen-bond donors (Lipinski definition) is 3. The van der Waals surface area contributed by atoms with Gasteiger partial charge in [-0.05, 0) is 49.3 Å². The van der Waals surface area contributed by atoms with E-state index in [-0.39, 0.29) is 6.61 Å². The van der Waals surface area contributed by atoms with Crippen LogP contribution in [-0.4, -0.2) is 30.1 Å². The van der Waals surface area contributed by atoms with Gasteiger partial charge in [-0.15, -0.1) is 0 Å². The highest BCUT2D eigenvalue weighted by atomic mass is 16.5. The van der Waals surface area contributed by atoms with Crippen LogP contribution in [0.5, 0.6) is 5.75 Å². The lowest BCUT2D eigenvalue weighted by Gasteiger charge is -2.12. The molecule has 2 amide bonds. The third-order valence-corrected chi connectivity index (χ3v) is 4.49. The molecule has 0 fully saturated rings. The van der Waals surface area contributed by atoms with Crippen LogP contribution in [0.1, 0.15) is 36.0 Å². The van der Waals surface area contributed by atoms with Gasteiger partial charge in [-0.1, -0.05) is 42.5 Å². The predicted octanol–water partition coefficient (Wildman–Crippen LogP) is 2.11. The molecule has 0 atom stereocenters. The zero-order valence-electron chi connectivity index (χ0n) is 16.0. The van der Waals surface area contributed by atoms with Crippen molar-refractivity contribution in [2.75, 3.05) is 13.2 Å². The first kappa shape index (κ1) is 21.4. The Kier molecular flexibility index (Phi) is 9.01. The summed E-state index contributed by atoms with van der Waals surface area (Å²) in [5, 5.41) is 11.8. The number of ether oxygens (including phenoxy) is 1. The minimum absolute atomic E-state index is 0.0289. The number of nitrogens with two attached hydrogens (primary N) is 1. The number of rotatable bonds is 11. The van der Waals surface area contributed by atoms with Crippen LogP contribution < -0.4 is 15.8 Å². The van der Waals surface area contributed by atoms with E-state index in [2.05, 4.69) is 17.4 Å². The molecule has 28 heavy (non-hydrogen) atoms. The van der Waals surface area contributed by atoms with Gasteiger partial charge in [-0.2, -0.15) is 0 Å². The van der Waals surface area contributed by atoms with Gasteiger partial charge in [0.2, 0.25) is 0 Å². The summed E-state index contributed by atoms with van der Waals surface area (Å²) in [7, 11) is 0. The first-order valence-corrected chi connectivity index (χ1v) is 9.57. The Morgan fingerprint density at radius 3 is 2.14 bits per heavy atom. The number of primary amides is 1. The maximum Gasteiger partial charge on any atom is 0.309 e. The molecule has 0 spiro atoms. The van der Waals surface area contributed by atoms with E-state index in [1.165, 1.54) is 11.1 Å². The second-order valence-corrected chi connectivity index (χ2v) is 6.56. The van der Waals surface area contributed by atoms with Gasteiger partial charge in [0.1, 0.15) is 5.75 Å². The van der Waals surface area contributed by atoms with Crippen LogP contribution in [0.2, 0.25) is 0 Å². The van der Waals surface area contributed by atoms with Crippen LogP contribution in [0, 0.1) is 0 Å². The number of carbonyl (C=O) groups excluding carboxylic acids is 2. The number of carbonyl (C=O) groups is 2. The number of aliphatic hydroxyl groups excluding tert-OH is 1. The van der Waals surface area contributed by atoms with Gasteiger partial charge in [0.05, 0.1) is 13.2 Å². The van der Waals surface area contributed by atoms with Crippen LogP contribution >= 0.6 is 0 Å². The summed E-state index contributed by atoms with van der Waals surface area (Å²) in [6, 6.07) is 15.8. The summed E-state index contributed by atoms with van der Waals surface area (Å²) in [6.07, 6.45) is 4.41. The first-order valence-electron chi connectivity index (χ1n) is 9.57. The van der Waals surface area contributed by atoms with Crippen molar-refractivity contribution in [3.05, 3.63) is 65.2 Å². The zero-order chi connectivity index (χ0) is 20.2. The fourth-order valence-corrected chi connectivity index (χ4v) is 2.99. The molecule has 2 aromatic carbocycles. The predicted molar refractivity (Wildman–Crippen MR) is 108 cm³/mol. The van der Waals surface area contributed by atoms with Crippen molar-refractivity contribution in [1.29, 1.82) is 0 Å². The molecule has 2 rings (SSSR count). The SMILES string of the molecule is NC(=O)C(=O)NCCCCc1ccccc1CCCOc1ccccc1CO. The Bertz CT molecular complexity index is 777. The second-order valence-electron chi connectivity index (χ2n) is 6.56. The average molecular weight is 384 g/mol. The molecule has 0 aliphatic carbocycles. The van der Waals surface area contributed by atoms with Crippen molar-refractivity contribution in [3.8, 4) is 5.75 Å². The van der Waals surface area contributed by atoms with Crippen LogP contribution in [-0.2, 0) is 29.0 Å². The summed E-state index contributed by atoms with van der Waals surface area (Å²) in [6.45, 7) is 1.01. The fourth-order valence-electron chi connectivity index (χ4n) is 2.99. The molecule has 150 valence electrons. The van der Waals surface area contributed by atoms with E-state index in [0.717, 1.165) is 43.4 Å². The van der Waals surface area contributed by atoms with Gasteiger partial charge >= 0.3 is 11.8 Å². The standard InChI is InChI=1S/C22H28N2O4/c23-21(26)22(27)24-14-6-5-10-17-8-1-2-9-18(17)12-7-15-28-20-13-4-3-11-19(20)16-25/h1-4,8-9,11,13,25H,5-7,10,12,14-16H2,(H2,23,26)(H,24,27). The van der Waals surface area contributed by atoms with Crippen molar-refractivity contribution in [1.82, 2.24) is 5.32 Å². The number of aryl methyl sites for hydroxylation is 2. The highest BCUT2D eigenvalue weighted by Crippen LogP contribution is 2.19. The molecule has 0 saturated carbocycles. The largest absolute Gasteiger partial charge is 0.493 e. The Balaban J connectivity index is 1.74. The topological polar surface area (TPSA) is 102 Å². The maximum atomic E-state index is 11.1. The second kappa shape index (κ2) is 11.8. The minimum Gasteiger partial charge on any atom is -0.493 e. The van der Waals surface area contributed by atoms with Crippen molar-refractivity contribution < 1.29 is 19.4 Å². The van der Waals surface area contributed by atoms with Gasteiger partial charge < -0.3 is 20.9 Å². The van der Waals surface area contributed by atoms with E-state index in [9.17, 15) is 14.7 Å². The molecule has 4 N–H and O–H groups in total. The average Bonchev–Trinajstić information content (AvgIpc) is 2.71. The van der Waals surface area contributed by atoms with E-state index in [0.29, 0.717) is 13.2 Å². The first-order chi connectivity index (χ1) is 13.6. The molecular formula is C22H28N2O4. The van der Waals surface area contributed by atoms with Crippen molar-refractivity contribution in [2.24, 2.45) is 5.73 Å². The molecule has 0 saturated heterocycles. The molecule has 2 aromatic rings. The molecule has 0 unspecified atom stereocenters. The lowest BCUT2D eigenvalue weighted by Crippen LogP contribution is -2.36. The monoisotopic (exact) mass is 384 g/mol. The number of unbranched alkanes of at least 4 members (excludes halogenated alkanes) is 1. The zero-order valence-corrected chi connectivity index (χ0v) is 16.0. The van der Waals surface area contributed by atoms with Gasteiger partial charge in [-0.3, -0.25) is 9.59 Å². The van der Waals surface area contributed by atoms with Gasteiger partial charge in [0, 0.05) is 12.1 Å². The summed E-state index contributed by atoms with van der Waals surface area (Å²) in [5.41, 5.74) is 8.28. The van der Waals surface area contributed by atoms with Gasteiger partial charge in [-0.25, -0.2) is 0 Å². The Hall–Kier alpha value is -2.86. The van der Waals surface area contributed by atoms with E-state index in [1.807, 2.05) is 36.4 Å². The van der Waals surface area contributed by atoms with Crippen molar-refractivity contribution in [3.63, 3.8) is 0 Å². The minimum atomic E-state index is -0.950. The number of nitrogens with one attached hydrogen (secondary N) is 1. The summed E-state index contributed by atoms with van der Waals surface area (Å²) in [4.78, 5) is 21.8. The molecular weight excluding hydrogens is 356 g/mol. The molecule has 0 aliphatic rings. The Morgan fingerprint density at radius 2 is 1.50 bits per heavy atom. The number of hydrogen-bond acceptors (Lipinski definition) is 4. The Morgan fingerprint density at radius 1 is 0.893 bits per heavy atom. The molecule has 0 heterocycles. The highest BCUT2D eigenvalue weighted by molar-refractivity contribution is 6.34. The summed E-state index contributed by atoms with van der Waals surface area (Å²) < 4.78 is 5.81. The number of aliphatic hydroxyl groups is 1. The molecule has 0 radical (unpaired) electrons. The Labute approximate surface area is 165 Å². The van der Waals surface area contributed by atoms with E-state index >= 15 is 0 Å². The molecule has 0 bridgehead atoms. The third kappa shape index (κ3) is 7.04. The normalized spacial score (nSPS) is 10.5. The summed E-state index contributed by atoms with van der Waals surface area (Å²) >= 11 is 0. The lowest BCUT2D eigenvalue weighted by atomic mass is 9.98. The van der Waals surface area contributed by atoms with E-state index in [4.69, 9.17) is 10.5 Å². The van der Waals surface area contributed by atoms with E-state index < -0.39 is 11.8 Å². The lowest BCUT2D eigenvalue weighted by molar-refractivity contribution is -0.137. The summed E-state index contributed by atoms with van der Waals surface area (Å²) in [5.74, 6) is -0.950. The third-order valence-electron chi connectivity index (χ3n) is 4.49. The number of benzene rings is 2. The molecule has 0 aromatic heterocycles. The van der Waals surface area contributed by atoms with Gasteiger partial charge in [0.15, 0.2) is 0 Å². The maximum absolute atomic E-state index is 11.1. The fraction of sp³-hybridized carbons (Fsp3) is 0.364. The quantitative estimate of drug-likeness (QED) is 0.408. The number of amides is 2. The van der Waals surface area contributed by atoms with Crippen LogP contribution in [0.25, 0.3) is 0 Å². The number of para-hydroxylation sites is 1. The smallest absolute Gasteiger partial charge is 0.309 e. The van der Waals surface area contributed by atoms with Crippen LogP contribution in [0.3, 0.4) is 0 Å². The van der Waals surface area contributed by atoms with Gasteiger partial charge in [0.25, 0.3) is 0 Å². The van der Waals surface area contributed by atoms with Crippen LogP contribution in [0.15, 0.2) is 48.5 Å².